The van der Waals surface area contributed by atoms with Gasteiger partial charge >= 0.3 is 0 Å². The maximum absolute atomic E-state index is 12.8. The highest BCUT2D eigenvalue weighted by Crippen LogP contribution is 2.32. The fourth-order valence-electron chi connectivity index (χ4n) is 3.08. The first-order valence-corrected chi connectivity index (χ1v) is 9.47. The van der Waals surface area contributed by atoms with Crippen LogP contribution in [0.15, 0.2) is 6.07 Å². The smallest absolute Gasteiger partial charge is 0.264 e. The molecule has 5 heteroatoms. The molecule has 1 aromatic heterocycles. The standard InChI is InChI=1S/C15H22N2OS2/c1-2-17(12-3-6-16-7-4-12)15(18)14-9-11-10-19-8-5-13(11)20-14/h9,12,16H,2-8,10H2,1H3. The van der Waals surface area contributed by atoms with Crippen LogP contribution < -0.4 is 5.32 Å². The van der Waals surface area contributed by atoms with Crippen LogP contribution in [-0.2, 0) is 12.2 Å². The molecule has 1 aromatic rings. The Morgan fingerprint density at radius 3 is 2.95 bits per heavy atom. The van der Waals surface area contributed by atoms with Crippen molar-refractivity contribution in [3.8, 4) is 0 Å². The van der Waals surface area contributed by atoms with Gasteiger partial charge in [0.1, 0.15) is 0 Å². The molecule has 1 fully saturated rings. The largest absolute Gasteiger partial charge is 0.335 e. The number of carbonyl (C=O) groups excluding carboxylic acids is 1. The number of rotatable bonds is 3. The summed E-state index contributed by atoms with van der Waals surface area (Å²) in [6.45, 7) is 4.99. The highest BCUT2D eigenvalue weighted by Gasteiger charge is 2.27. The Labute approximate surface area is 129 Å². The zero-order chi connectivity index (χ0) is 13.9. The summed E-state index contributed by atoms with van der Waals surface area (Å²) in [5.41, 5.74) is 1.40. The average molecular weight is 310 g/mol. The van der Waals surface area contributed by atoms with Crippen molar-refractivity contribution in [3.63, 3.8) is 0 Å². The molecule has 20 heavy (non-hydrogen) atoms. The fraction of sp³-hybridized carbons (Fsp3) is 0.667. The Kier molecular flexibility index (Phi) is 4.68. The first-order chi connectivity index (χ1) is 9.79. The third-order valence-electron chi connectivity index (χ3n) is 4.19. The zero-order valence-electron chi connectivity index (χ0n) is 12.0. The summed E-state index contributed by atoms with van der Waals surface area (Å²) in [6.07, 6.45) is 3.30. The lowest BCUT2D eigenvalue weighted by Gasteiger charge is -2.33. The molecule has 3 heterocycles. The molecule has 1 amide bonds. The summed E-state index contributed by atoms with van der Waals surface area (Å²) in [7, 11) is 0. The molecule has 0 atom stereocenters. The Balaban J connectivity index is 1.77. The van der Waals surface area contributed by atoms with Crippen molar-refractivity contribution >= 4 is 29.0 Å². The van der Waals surface area contributed by atoms with Crippen molar-refractivity contribution in [3.05, 3.63) is 21.4 Å². The van der Waals surface area contributed by atoms with Gasteiger partial charge in [0, 0.05) is 23.2 Å². The van der Waals surface area contributed by atoms with E-state index in [1.165, 1.54) is 16.2 Å². The highest BCUT2D eigenvalue weighted by molar-refractivity contribution is 7.98. The number of aryl methyl sites for hydroxylation is 1. The predicted octanol–water partition coefficient (Wildman–Crippen LogP) is 2.75. The molecule has 0 aliphatic carbocycles. The molecule has 1 saturated heterocycles. The van der Waals surface area contributed by atoms with Gasteiger partial charge < -0.3 is 10.2 Å². The van der Waals surface area contributed by atoms with E-state index in [0.717, 1.165) is 49.5 Å². The topological polar surface area (TPSA) is 32.3 Å². The maximum atomic E-state index is 12.8. The Morgan fingerprint density at radius 1 is 1.45 bits per heavy atom. The zero-order valence-corrected chi connectivity index (χ0v) is 13.6. The number of hydrogen-bond acceptors (Lipinski definition) is 4. The molecule has 0 aromatic carbocycles. The van der Waals surface area contributed by atoms with E-state index in [2.05, 4.69) is 23.2 Å². The third kappa shape index (κ3) is 2.90. The Morgan fingerprint density at radius 2 is 2.25 bits per heavy atom. The van der Waals surface area contributed by atoms with E-state index in [1.807, 2.05) is 11.8 Å². The van der Waals surface area contributed by atoms with Gasteiger partial charge in [0.25, 0.3) is 5.91 Å². The first kappa shape index (κ1) is 14.4. The van der Waals surface area contributed by atoms with Gasteiger partial charge in [-0.3, -0.25) is 4.79 Å². The van der Waals surface area contributed by atoms with Crippen molar-refractivity contribution < 1.29 is 4.79 Å². The number of nitrogens with one attached hydrogen (secondary N) is 1. The van der Waals surface area contributed by atoms with Crippen LogP contribution in [0, 0.1) is 0 Å². The van der Waals surface area contributed by atoms with Crippen LogP contribution in [0.1, 0.15) is 39.9 Å². The minimum absolute atomic E-state index is 0.254. The van der Waals surface area contributed by atoms with Gasteiger partial charge in [0.15, 0.2) is 0 Å². The molecule has 2 aliphatic heterocycles. The summed E-state index contributed by atoms with van der Waals surface area (Å²) in [6, 6.07) is 2.57. The van der Waals surface area contributed by atoms with E-state index in [1.54, 1.807) is 11.3 Å². The molecule has 0 radical (unpaired) electrons. The van der Waals surface area contributed by atoms with Crippen LogP contribution in [-0.4, -0.2) is 42.2 Å². The second-order valence-corrected chi connectivity index (χ2v) is 7.68. The molecule has 110 valence electrons. The van der Waals surface area contributed by atoms with E-state index in [-0.39, 0.29) is 5.91 Å². The minimum Gasteiger partial charge on any atom is -0.335 e. The number of piperidine rings is 1. The average Bonchev–Trinajstić information content (AvgIpc) is 2.93. The molecular formula is C15H22N2OS2. The van der Waals surface area contributed by atoms with Gasteiger partial charge in [-0.1, -0.05) is 0 Å². The van der Waals surface area contributed by atoms with Gasteiger partial charge in [-0.05, 0) is 56.7 Å². The molecule has 1 N–H and O–H groups in total. The van der Waals surface area contributed by atoms with Crippen molar-refractivity contribution in [1.82, 2.24) is 10.2 Å². The van der Waals surface area contributed by atoms with E-state index in [4.69, 9.17) is 0 Å². The number of carbonyl (C=O) groups is 1. The predicted molar refractivity (Wildman–Crippen MR) is 86.8 cm³/mol. The summed E-state index contributed by atoms with van der Waals surface area (Å²) in [4.78, 5) is 17.3. The SMILES string of the molecule is CCN(C(=O)c1cc2c(s1)CCSC2)C1CCNCC1. The highest BCUT2D eigenvalue weighted by atomic mass is 32.2. The Hall–Kier alpha value is -0.520. The number of fused-ring (bicyclic) bond motifs is 1. The third-order valence-corrected chi connectivity index (χ3v) is 6.42. The minimum atomic E-state index is 0.254. The number of hydrogen-bond donors (Lipinski definition) is 1. The molecule has 0 unspecified atom stereocenters. The van der Waals surface area contributed by atoms with E-state index < -0.39 is 0 Å². The summed E-state index contributed by atoms with van der Waals surface area (Å²) < 4.78 is 0. The molecule has 0 bridgehead atoms. The number of thiophene rings is 1. The molecule has 0 saturated carbocycles. The maximum Gasteiger partial charge on any atom is 0.264 e. The molecule has 2 aliphatic rings. The van der Waals surface area contributed by atoms with Crippen molar-refractivity contribution in [2.45, 2.75) is 38.0 Å². The molecule has 3 rings (SSSR count). The second-order valence-electron chi connectivity index (χ2n) is 5.43. The fourth-order valence-corrected chi connectivity index (χ4v) is 5.41. The van der Waals surface area contributed by atoms with Crippen molar-refractivity contribution in [1.29, 1.82) is 0 Å². The quantitative estimate of drug-likeness (QED) is 0.932. The molecule has 0 spiro atoms. The Bertz CT molecular complexity index is 457. The summed E-state index contributed by atoms with van der Waals surface area (Å²) >= 11 is 3.71. The number of thioether (sulfide) groups is 1. The lowest BCUT2D eigenvalue weighted by molar-refractivity contribution is 0.0661. The van der Waals surface area contributed by atoms with E-state index in [0.29, 0.717) is 6.04 Å². The first-order valence-electron chi connectivity index (χ1n) is 7.50. The molecular weight excluding hydrogens is 288 g/mol. The van der Waals surface area contributed by atoms with Crippen LogP contribution in [0.4, 0.5) is 0 Å². The van der Waals surface area contributed by atoms with E-state index >= 15 is 0 Å². The van der Waals surface area contributed by atoms with Crippen LogP contribution in [0.2, 0.25) is 0 Å². The molecule has 3 nitrogen and oxygen atoms in total. The van der Waals surface area contributed by atoms with Gasteiger partial charge in [0.2, 0.25) is 0 Å². The van der Waals surface area contributed by atoms with Gasteiger partial charge in [0.05, 0.1) is 4.88 Å². The van der Waals surface area contributed by atoms with Crippen molar-refractivity contribution in [2.24, 2.45) is 0 Å². The van der Waals surface area contributed by atoms with Gasteiger partial charge in [-0.2, -0.15) is 11.8 Å². The summed E-state index contributed by atoms with van der Waals surface area (Å²) in [5, 5.41) is 3.37. The van der Waals surface area contributed by atoms with Crippen LogP contribution in [0.25, 0.3) is 0 Å². The van der Waals surface area contributed by atoms with Gasteiger partial charge in [-0.15, -0.1) is 11.3 Å². The lowest BCUT2D eigenvalue weighted by Crippen LogP contribution is -2.45. The second kappa shape index (κ2) is 6.50. The monoisotopic (exact) mass is 310 g/mol. The lowest BCUT2D eigenvalue weighted by atomic mass is 10.0. The summed E-state index contributed by atoms with van der Waals surface area (Å²) in [5.74, 6) is 2.54. The van der Waals surface area contributed by atoms with E-state index in [9.17, 15) is 4.79 Å². The number of amides is 1. The van der Waals surface area contributed by atoms with Crippen LogP contribution in [0.3, 0.4) is 0 Å². The van der Waals surface area contributed by atoms with Crippen molar-refractivity contribution in [2.75, 3.05) is 25.4 Å². The number of nitrogens with zero attached hydrogens (tertiary/aromatic N) is 1. The van der Waals surface area contributed by atoms with Crippen LogP contribution in [0.5, 0.6) is 0 Å². The van der Waals surface area contributed by atoms with Crippen LogP contribution >= 0.6 is 23.1 Å². The van der Waals surface area contributed by atoms with Gasteiger partial charge in [-0.25, -0.2) is 0 Å². The normalized spacial score (nSPS) is 19.6.